The van der Waals surface area contributed by atoms with Gasteiger partial charge in [0, 0.05) is 17.5 Å². The van der Waals surface area contributed by atoms with Crippen LogP contribution in [0.3, 0.4) is 0 Å². The van der Waals surface area contributed by atoms with E-state index in [1.165, 1.54) is 0 Å². The van der Waals surface area contributed by atoms with Crippen molar-refractivity contribution in [3.05, 3.63) is 77.4 Å². The van der Waals surface area contributed by atoms with Crippen molar-refractivity contribution < 1.29 is 23.4 Å². The van der Waals surface area contributed by atoms with E-state index in [0.717, 1.165) is 41.9 Å². The first-order valence-corrected chi connectivity index (χ1v) is 12.2. The number of carbonyl (C=O) groups excluding carboxylic acids is 1. The number of hydrogen-bond acceptors (Lipinski definition) is 6. The standard InChI is InChI=1S/C30H33NO5/c1-6-31(7-2)16-17-35-22-14-12-21(13-15-22)30-28(23-10-8-9-11-25(23)36-30)29(32)24-19-26(33-4)20(3)18-27(24)34-5/h8-15,18-19H,6-7,16-17H2,1-5H3. The number of methoxy groups -OCH3 is 2. The highest BCUT2D eigenvalue weighted by Gasteiger charge is 2.26. The lowest BCUT2D eigenvalue weighted by atomic mass is 9.95. The van der Waals surface area contributed by atoms with Crippen LogP contribution in [0.4, 0.5) is 0 Å². The van der Waals surface area contributed by atoms with Gasteiger partial charge in [-0.1, -0.05) is 32.0 Å². The maximum atomic E-state index is 14.0. The third kappa shape index (κ3) is 5.09. The maximum absolute atomic E-state index is 14.0. The SMILES string of the molecule is CCN(CC)CCOc1ccc(-c2oc3ccccc3c2C(=O)c2cc(OC)c(C)cc2OC)cc1. The highest BCUT2D eigenvalue weighted by Crippen LogP contribution is 2.38. The van der Waals surface area contributed by atoms with Gasteiger partial charge in [0.2, 0.25) is 5.78 Å². The first-order valence-electron chi connectivity index (χ1n) is 12.2. The van der Waals surface area contributed by atoms with Crippen molar-refractivity contribution in [2.24, 2.45) is 0 Å². The maximum Gasteiger partial charge on any atom is 0.201 e. The molecule has 188 valence electrons. The minimum atomic E-state index is -0.190. The molecule has 4 aromatic rings. The molecule has 4 rings (SSSR count). The van der Waals surface area contributed by atoms with Gasteiger partial charge in [0.25, 0.3) is 0 Å². The smallest absolute Gasteiger partial charge is 0.201 e. The molecule has 0 bridgehead atoms. The number of aryl methyl sites for hydroxylation is 1. The summed E-state index contributed by atoms with van der Waals surface area (Å²) in [6.07, 6.45) is 0. The highest BCUT2D eigenvalue weighted by atomic mass is 16.5. The summed E-state index contributed by atoms with van der Waals surface area (Å²) in [7, 11) is 3.15. The van der Waals surface area contributed by atoms with Crippen LogP contribution >= 0.6 is 0 Å². The van der Waals surface area contributed by atoms with Gasteiger partial charge in [-0.3, -0.25) is 4.79 Å². The molecule has 6 heteroatoms. The van der Waals surface area contributed by atoms with Gasteiger partial charge in [-0.05, 0) is 68.0 Å². The largest absolute Gasteiger partial charge is 0.496 e. The number of benzene rings is 3. The van der Waals surface area contributed by atoms with Crippen molar-refractivity contribution in [3.8, 4) is 28.6 Å². The van der Waals surface area contributed by atoms with E-state index in [-0.39, 0.29) is 5.78 Å². The summed E-state index contributed by atoms with van der Waals surface area (Å²) in [4.78, 5) is 16.3. The van der Waals surface area contributed by atoms with Gasteiger partial charge in [0.15, 0.2) is 0 Å². The zero-order chi connectivity index (χ0) is 25.7. The Hall–Kier alpha value is -3.77. The van der Waals surface area contributed by atoms with Gasteiger partial charge in [-0.25, -0.2) is 0 Å². The van der Waals surface area contributed by atoms with Crippen molar-refractivity contribution in [2.75, 3.05) is 40.5 Å². The second kappa shape index (κ2) is 11.3. The molecule has 0 fully saturated rings. The normalized spacial score (nSPS) is 11.2. The molecule has 0 saturated heterocycles. The molecule has 0 amide bonds. The van der Waals surface area contributed by atoms with Crippen molar-refractivity contribution in [3.63, 3.8) is 0 Å². The molecule has 0 aliphatic rings. The lowest BCUT2D eigenvalue weighted by Crippen LogP contribution is -2.27. The molecule has 0 unspecified atom stereocenters. The van der Waals surface area contributed by atoms with Crippen LogP contribution in [0, 0.1) is 6.92 Å². The Bertz CT molecular complexity index is 1340. The van der Waals surface area contributed by atoms with Crippen molar-refractivity contribution in [1.29, 1.82) is 0 Å². The number of furan rings is 1. The number of likely N-dealkylation sites (N-methyl/N-ethyl adjacent to an activating group) is 1. The molecule has 0 atom stereocenters. The topological polar surface area (TPSA) is 61.1 Å². The summed E-state index contributed by atoms with van der Waals surface area (Å²) >= 11 is 0. The van der Waals surface area contributed by atoms with Crippen molar-refractivity contribution >= 4 is 16.8 Å². The van der Waals surface area contributed by atoms with Crippen LogP contribution in [0.5, 0.6) is 17.2 Å². The zero-order valence-corrected chi connectivity index (χ0v) is 21.6. The van der Waals surface area contributed by atoms with Crippen LogP contribution in [0.2, 0.25) is 0 Å². The predicted molar refractivity (Wildman–Crippen MR) is 143 cm³/mol. The number of ether oxygens (including phenoxy) is 3. The van der Waals surface area contributed by atoms with Crippen molar-refractivity contribution in [1.82, 2.24) is 4.90 Å². The monoisotopic (exact) mass is 487 g/mol. The summed E-state index contributed by atoms with van der Waals surface area (Å²) in [5.41, 5.74) is 3.24. The first kappa shape index (κ1) is 25.3. The lowest BCUT2D eigenvalue weighted by Gasteiger charge is -2.18. The van der Waals surface area contributed by atoms with Crippen LogP contribution in [-0.2, 0) is 0 Å². The molecule has 0 aliphatic heterocycles. The lowest BCUT2D eigenvalue weighted by molar-refractivity contribution is 0.103. The van der Waals surface area contributed by atoms with Gasteiger partial charge in [0.05, 0.1) is 25.3 Å². The third-order valence-corrected chi connectivity index (χ3v) is 6.47. The molecule has 3 aromatic carbocycles. The molecular weight excluding hydrogens is 454 g/mol. The minimum Gasteiger partial charge on any atom is -0.496 e. The van der Waals surface area contributed by atoms with Crippen molar-refractivity contribution in [2.45, 2.75) is 20.8 Å². The Balaban J connectivity index is 1.71. The number of rotatable bonds is 11. The second-order valence-electron chi connectivity index (χ2n) is 8.55. The molecule has 1 heterocycles. The van der Waals surface area contributed by atoms with E-state index in [1.807, 2.05) is 61.5 Å². The summed E-state index contributed by atoms with van der Waals surface area (Å²) in [6.45, 7) is 9.70. The molecule has 0 aliphatic carbocycles. The van der Waals surface area contributed by atoms with Crippen LogP contribution < -0.4 is 14.2 Å². The van der Waals surface area contributed by atoms with Crippen LogP contribution in [0.1, 0.15) is 35.3 Å². The van der Waals surface area contributed by atoms with Crippen LogP contribution in [-0.4, -0.2) is 51.1 Å². The second-order valence-corrected chi connectivity index (χ2v) is 8.55. The summed E-state index contributed by atoms with van der Waals surface area (Å²) in [6, 6.07) is 18.8. The molecule has 0 spiro atoms. The number of para-hydroxylation sites is 1. The van der Waals surface area contributed by atoms with E-state index in [0.29, 0.717) is 40.6 Å². The van der Waals surface area contributed by atoms with E-state index in [2.05, 4.69) is 18.7 Å². The molecule has 0 radical (unpaired) electrons. The minimum absolute atomic E-state index is 0.190. The fourth-order valence-corrected chi connectivity index (χ4v) is 4.37. The number of nitrogens with zero attached hydrogens (tertiary/aromatic N) is 1. The molecule has 0 saturated carbocycles. The predicted octanol–water partition coefficient (Wildman–Crippen LogP) is 6.38. The fraction of sp³-hybridized carbons (Fsp3) is 0.300. The van der Waals surface area contributed by atoms with E-state index in [9.17, 15) is 4.79 Å². The summed E-state index contributed by atoms with van der Waals surface area (Å²) in [5, 5.41) is 0.749. The van der Waals surface area contributed by atoms with Crippen LogP contribution in [0.25, 0.3) is 22.3 Å². The van der Waals surface area contributed by atoms with Gasteiger partial charge in [-0.15, -0.1) is 0 Å². The Kier molecular flexibility index (Phi) is 7.96. The number of fused-ring (bicyclic) bond motifs is 1. The number of ketones is 1. The average molecular weight is 488 g/mol. The number of hydrogen-bond donors (Lipinski definition) is 0. The van der Waals surface area contributed by atoms with Crippen LogP contribution in [0.15, 0.2) is 65.1 Å². The summed E-state index contributed by atoms with van der Waals surface area (Å²) in [5.74, 6) is 2.22. The Morgan fingerprint density at radius 1 is 0.917 bits per heavy atom. The number of carbonyl (C=O) groups is 1. The molecular formula is C30H33NO5. The quantitative estimate of drug-likeness (QED) is 0.229. The van der Waals surface area contributed by atoms with E-state index in [1.54, 1.807) is 20.3 Å². The van der Waals surface area contributed by atoms with Gasteiger partial charge in [0.1, 0.15) is 35.2 Å². The molecule has 0 N–H and O–H groups in total. The Morgan fingerprint density at radius 2 is 1.61 bits per heavy atom. The summed E-state index contributed by atoms with van der Waals surface area (Å²) < 4.78 is 23.2. The first-order chi connectivity index (χ1) is 17.5. The fourth-order valence-electron chi connectivity index (χ4n) is 4.37. The van der Waals surface area contributed by atoms with E-state index >= 15 is 0 Å². The van der Waals surface area contributed by atoms with E-state index in [4.69, 9.17) is 18.6 Å². The Morgan fingerprint density at radius 3 is 2.28 bits per heavy atom. The Labute approximate surface area is 212 Å². The van der Waals surface area contributed by atoms with Gasteiger partial charge < -0.3 is 23.5 Å². The molecule has 36 heavy (non-hydrogen) atoms. The van der Waals surface area contributed by atoms with Gasteiger partial charge in [-0.2, -0.15) is 0 Å². The van der Waals surface area contributed by atoms with E-state index < -0.39 is 0 Å². The molecule has 1 aromatic heterocycles. The molecule has 6 nitrogen and oxygen atoms in total. The third-order valence-electron chi connectivity index (χ3n) is 6.47. The zero-order valence-electron chi connectivity index (χ0n) is 21.6. The highest BCUT2D eigenvalue weighted by molar-refractivity contribution is 6.20. The average Bonchev–Trinajstić information content (AvgIpc) is 3.30. The van der Waals surface area contributed by atoms with Gasteiger partial charge >= 0.3 is 0 Å².